The van der Waals surface area contributed by atoms with Crippen molar-refractivity contribution in [2.24, 2.45) is 10.7 Å². The van der Waals surface area contributed by atoms with Gasteiger partial charge in [-0.1, -0.05) is 24.3 Å². The third-order valence-corrected chi connectivity index (χ3v) is 4.33. The van der Waals surface area contributed by atoms with E-state index in [1.807, 2.05) is 24.3 Å². The average Bonchev–Trinajstić information content (AvgIpc) is 2.94. The predicted molar refractivity (Wildman–Crippen MR) is 87.9 cm³/mol. The quantitative estimate of drug-likeness (QED) is 0.925. The van der Waals surface area contributed by atoms with E-state index in [2.05, 4.69) is 23.2 Å². The number of nitrogens with zero attached hydrogens (tertiary/aromatic N) is 1. The van der Waals surface area contributed by atoms with Crippen molar-refractivity contribution in [3.63, 3.8) is 0 Å². The Morgan fingerprint density at radius 3 is 2.74 bits per heavy atom. The molecule has 2 aromatic carbocycles. The van der Waals surface area contributed by atoms with Gasteiger partial charge in [0, 0.05) is 12.0 Å². The first-order valence-electron chi connectivity index (χ1n) is 7.56. The molecule has 0 saturated carbocycles. The lowest BCUT2D eigenvalue weighted by Gasteiger charge is -2.30. The summed E-state index contributed by atoms with van der Waals surface area (Å²) in [4.78, 5) is 4.44. The number of hydrogen-bond acceptors (Lipinski definition) is 5. The third kappa shape index (κ3) is 2.38. The van der Waals surface area contributed by atoms with Gasteiger partial charge in [0.15, 0.2) is 0 Å². The van der Waals surface area contributed by atoms with E-state index >= 15 is 0 Å². The number of nitrogens with two attached hydrogens (primary N) is 1. The Morgan fingerprint density at radius 2 is 1.96 bits per heavy atom. The molecule has 118 valence electrons. The highest BCUT2D eigenvalue weighted by atomic mass is 16.5. The first-order chi connectivity index (χ1) is 11.2. The van der Waals surface area contributed by atoms with E-state index in [1.165, 1.54) is 0 Å². The number of ether oxygens (including phenoxy) is 3. The van der Waals surface area contributed by atoms with Gasteiger partial charge in [-0.15, -0.1) is 0 Å². The van der Waals surface area contributed by atoms with Crippen molar-refractivity contribution in [1.29, 1.82) is 0 Å². The van der Waals surface area contributed by atoms with Crippen LogP contribution in [-0.4, -0.2) is 31.9 Å². The number of para-hydroxylation sites is 1. The van der Waals surface area contributed by atoms with Gasteiger partial charge in [0.1, 0.15) is 30.3 Å². The number of aliphatic imine (C=N–C) groups is 1. The lowest BCUT2D eigenvalue weighted by molar-refractivity contribution is 0.153. The predicted octanol–water partition coefficient (Wildman–Crippen LogP) is 2.38. The maximum atomic E-state index is 5.88. The molecule has 2 aliphatic heterocycles. The van der Waals surface area contributed by atoms with E-state index in [9.17, 15) is 0 Å². The van der Waals surface area contributed by atoms with Crippen LogP contribution in [0.1, 0.15) is 5.56 Å². The molecule has 0 amide bonds. The second-order valence-corrected chi connectivity index (χ2v) is 5.95. The van der Waals surface area contributed by atoms with Gasteiger partial charge >= 0.3 is 0 Å². The van der Waals surface area contributed by atoms with Gasteiger partial charge < -0.3 is 19.9 Å². The van der Waals surface area contributed by atoms with Crippen LogP contribution in [0.5, 0.6) is 11.5 Å². The molecule has 1 unspecified atom stereocenters. The van der Waals surface area contributed by atoms with Crippen LogP contribution in [0.15, 0.2) is 47.5 Å². The van der Waals surface area contributed by atoms with Crippen LogP contribution >= 0.6 is 0 Å². The van der Waals surface area contributed by atoms with Gasteiger partial charge in [-0.25, -0.2) is 4.99 Å². The molecule has 0 aromatic heterocycles. The summed E-state index contributed by atoms with van der Waals surface area (Å²) in [5, 5.41) is 0. The third-order valence-electron chi connectivity index (χ3n) is 4.33. The van der Waals surface area contributed by atoms with Crippen LogP contribution in [-0.2, 0) is 11.2 Å². The molecule has 5 nitrogen and oxygen atoms in total. The molecule has 0 aliphatic carbocycles. The molecule has 4 rings (SSSR count). The Balaban J connectivity index is 1.73. The summed E-state index contributed by atoms with van der Waals surface area (Å²) in [6.07, 6.45) is 0.756. The molecule has 0 saturated heterocycles. The molecule has 2 N–H and O–H groups in total. The second-order valence-electron chi connectivity index (χ2n) is 5.95. The van der Waals surface area contributed by atoms with E-state index in [0.717, 1.165) is 34.6 Å². The first-order valence-corrected chi connectivity index (χ1v) is 7.56. The molecular formula is C18H18N2O3. The molecule has 2 heterocycles. The fourth-order valence-electron chi connectivity index (χ4n) is 3.20. The number of fused-ring (bicyclic) bond motifs is 1. The van der Waals surface area contributed by atoms with Gasteiger partial charge in [0.25, 0.3) is 6.02 Å². The second kappa shape index (κ2) is 5.19. The van der Waals surface area contributed by atoms with Gasteiger partial charge in [0.05, 0.1) is 7.11 Å². The minimum absolute atomic E-state index is 0.248. The molecule has 1 spiro atoms. The van der Waals surface area contributed by atoms with Crippen LogP contribution in [0.2, 0.25) is 0 Å². The number of benzene rings is 2. The maximum absolute atomic E-state index is 5.88. The molecule has 1 atom stereocenters. The zero-order valence-electron chi connectivity index (χ0n) is 12.9. The highest BCUT2D eigenvalue weighted by Crippen LogP contribution is 2.38. The summed E-state index contributed by atoms with van der Waals surface area (Å²) in [6, 6.07) is 14.4. The normalized spacial score (nSPS) is 22.0. The van der Waals surface area contributed by atoms with Crippen LogP contribution in [0.3, 0.4) is 0 Å². The number of rotatable bonds is 2. The fourth-order valence-corrected chi connectivity index (χ4v) is 3.20. The van der Waals surface area contributed by atoms with Crippen molar-refractivity contribution in [3.8, 4) is 22.6 Å². The monoisotopic (exact) mass is 310 g/mol. The molecule has 5 heteroatoms. The summed E-state index contributed by atoms with van der Waals surface area (Å²) in [5.41, 5.74) is 8.55. The Morgan fingerprint density at radius 1 is 1.13 bits per heavy atom. The van der Waals surface area contributed by atoms with E-state index in [0.29, 0.717) is 13.2 Å². The summed E-state index contributed by atoms with van der Waals surface area (Å²) >= 11 is 0. The Kier molecular flexibility index (Phi) is 3.15. The molecule has 2 aliphatic rings. The molecule has 0 fully saturated rings. The van der Waals surface area contributed by atoms with Crippen molar-refractivity contribution in [2.75, 3.05) is 20.3 Å². The van der Waals surface area contributed by atoms with Gasteiger partial charge in [-0.05, 0) is 29.3 Å². The fraction of sp³-hybridized carbons (Fsp3) is 0.278. The van der Waals surface area contributed by atoms with Gasteiger partial charge in [-0.3, -0.25) is 0 Å². The van der Waals surface area contributed by atoms with E-state index in [4.69, 9.17) is 19.9 Å². The van der Waals surface area contributed by atoms with E-state index < -0.39 is 5.54 Å². The Hall–Kier alpha value is -2.69. The first kappa shape index (κ1) is 13.9. The average molecular weight is 310 g/mol. The van der Waals surface area contributed by atoms with Crippen LogP contribution < -0.4 is 15.2 Å². The minimum atomic E-state index is -0.392. The molecule has 2 aromatic rings. The number of methoxy groups -OCH3 is 1. The van der Waals surface area contributed by atoms with Crippen LogP contribution in [0.4, 0.5) is 0 Å². The van der Waals surface area contributed by atoms with Crippen molar-refractivity contribution in [1.82, 2.24) is 0 Å². The summed E-state index contributed by atoms with van der Waals surface area (Å²) in [5.74, 6) is 1.75. The molecular weight excluding hydrogens is 292 g/mol. The topological polar surface area (TPSA) is 66.1 Å². The Labute approximate surface area is 134 Å². The molecule has 0 radical (unpaired) electrons. The van der Waals surface area contributed by atoms with Gasteiger partial charge in [0.2, 0.25) is 0 Å². The molecule has 0 bridgehead atoms. The lowest BCUT2D eigenvalue weighted by Crippen LogP contribution is -2.41. The highest BCUT2D eigenvalue weighted by molar-refractivity contribution is 5.74. The van der Waals surface area contributed by atoms with E-state index in [1.54, 1.807) is 7.11 Å². The SMILES string of the molecule is COc1ccccc1-c1ccc2c(c1)CC1(COC(N)=N1)CO2. The largest absolute Gasteiger partial charge is 0.496 e. The lowest BCUT2D eigenvalue weighted by atomic mass is 9.89. The van der Waals surface area contributed by atoms with Crippen LogP contribution in [0.25, 0.3) is 11.1 Å². The number of amidine groups is 1. The van der Waals surface area contributed by atoms with Crippen molar-refractivity contribution in [3.05, 3.63) is 48.0 Å². The zero-order valence-corrected chi connectivity index (χ0v) is 12.9. The van der Waals surface area contributed by atoms with Crippen molar-refractivity contribution in [2.45, 2.75) is 12.0 Å². The number of hydrogen-bond donors (Lipinski definition) is 1. The smallest absolute Gasteiger partial charge is 0.282 e. The summed E-state index contributed by atoms with van der Waals surface area (Å²) in [6.45, 7) is 0.964. The zero-order chi connectivity index (χ0) is 15.9. The Bertz CT molecular complexity index is 788. The summed E-state index contributed by atoms with van der Waals surface area (Å²) in [7, 11) is 1.68. The standard InChI is InChI=1S/C18H18N2O3/c1-21-16-5-3-2-4-14(16)12-6-7-15-13(8-12)9-18(10-22-15)11-23-17(19)20-18/h2-8H,9-11H2,1H3,(H2,19,20). The van der Waals surface area contributed by atoms with Crippen molar-refractivity contribution < 1.29 is 14.2 Å². The minimum Gasteiger partial charge on any atom is -0.496 e. The maximum Gasteiger partial charge on any atom is 0.282 e. The highest BCUT2D eigenvalue weighted by Gasteiger charge is 2.41. The molecule has 23 heavy (non-hydrogen) atoms. The van der Waals surface area contributed by atoms with Crippen molar-refractivity contribution >= 4 is 6.02 Å². The summed E-state index contributed by atoms with van der Waals surface area (Å²) < 4.78 is 16.7. The van der Waals surface area contributed by atoms with Gasteiger partial charge in [-0.2, -0.15) is 0 Å². The van der Waals surface area contributed by atoms with E-state index in [-0.39, 0.29) is 6.02 Å². The van der Waals surface area contributed by atoms with Crippen LogP contribution in [0, 0.1) is 0 Å².